The molecule has 1 unspecified atom stereocenters. The van der Waals surface area contributed by atoms with Crippen molar-refractivity contribution in [1.82, 2.24) is 0 Å². The summed E-state index contributed by atoms with van der Waals surface area (Å²) in [6, 6.07) is 12.3. The Morgan fingerprint density at radius 1 is 1.10 bits per heavy atom. The number of ether oxygens (including phenoxy) is 2. The van der Waals surface area contributed by atoms with Crippen molar-refractivity contribution in [3.8, 4) is 11.5 Å². The zero-order chi connectivity index (χ0) is 15.2. The minimum absolute atomic E-state index is 0.0632. The second kappa shape index (κ2) is 6.97. The van der Waals surface area contributed by atoms with Crippen molar-refractivity contribution in [1.29, 1.82) is 0 Å². The molecule has 1 N–H and O–H groups in total. The Morgan fingerprint density at radius 3 is 2.43 bits per heavy atom. The maximum atomic E-state index is 12.9. The highest BCUT2D eigenvalue weighted by Crippen LogP contribution is 2.31. The lowest BCUT2D eigenvalue weighted by molar-refractivity contribution is 0.311. The van der Waals surface area contributed by atoms with E-state index in [0.717, 1.165) is 17.0 Å². The van der Waals surface area contributed by atoms with Gasteiger partial charge in [-0.1, -0.05) is 12.1 Å². The third-order valence-corrected chi connectivity index (χ3v) is 3.22. The summed E-state index contributed by atoms with van der Waals surface area (Å²) in [6.07, 6.45) is 0. The highest BCUT2D eigenvalue weighted by molar-refractivity contribution is 5.55. The van der Waals surface area contributed by atoms with E-state index in [1.807, 2.05) is 32.0 Å². The molecule has 0 aliphatic heterocycles. The minimum atomic E-state index is -0.228. The molecule has 0 aliphatic rings. The topological polar surface area (TPSA) is 30.5 Å². The molecule has 3 nitrogen and oxygen atoms in total. The third kappa shape index (κ3) is 3.88. The highest BCUT2D eigenvalue weighted by Gasteiger charge is 2.09. The van der Waals surface area contributed by atoms with E-state index < -0.39 is 0 Å². The van der Waals surface area contributed by atoms with Crippen molar-refractivity contribution in [2.24, 2.45) is 0 Å². The van der Waals surface area contributed by atoms with E-state index in [-0.39, 0.29) is 11.9 Å². The fourth-order valence-corrected chi connectivity index (χ4v) is 2.12. The number of halogens is 1. The van der Waals surface area contributed by atoms with Crippen LogP contribution in [0, 0.1) is 5.82 Å². The van der Waals surface area contributed by atoms with E-state index in [4.69, 9.17) is 9.47 Å². The van der Waals surface area contributed by atoms with Gasteiger partial charge in [-0.15, -0.1) is 0 Å². The molecule has 0 aliphatic carbocycles. The van der Waals surface area contributed by atoms with Crippen molar-refractivity contribution in [3.63, 3.8) is 0 Å². The first-order chi connectivity index (χ1) is 10.1. The molecule has 112 valence electrons. The van der Waals surface area contributed by atoms with E-state index >= 15 is 0 Å². The number of nitrogens with one attached hydrogen (secondary N) is 1. The summed E-state index contributed by atoms with van der Waals surface area (Å²) >= 11 is 0. The van der Waals surface area contributed by atoms with Gasteiger partial charge in [-0.2, -0.15) is 0 Å². The molecule has 0 saturated carbocycles. The number of rotatable bonds is 6. The summed E-state index contributed by atoms with van der Waals surface area (Å²) in [7, 11) is 1.62. The highest BCUT2D eigenvalue weighted by atomic mass is 19.1. The fourth-order valence-electron chi connectivity index (χ4n) is 2.12. The lowest BCUT2D eigenvalue weighted by atomic mass is 10.1. The van der Waals surface area contributed by atoms with E-state index in [0.29, 0.717) is 12.4 Å². The van der Waals surface area contributed by atoms with E-state index in [9.17, 15) is 4.39 Å². The quantitative estimate of drug-likeness (QED) is 0.854. The maximum Gasteiger partial charge on any atom is 0.162 e. The van der Waals surface area contributed by atoms with Gasteiger partial charge >= 0.3 is 0 Å². The van der Waals surface area contributed by atoms with Crippen molar-refractivity contribution < 1.29 is 13.9 Å². The molecule has 1 atom stereocenters. The van der Waals surface area contributed by atoms with Crippen LogP contribution in [0.2, 0.25) is 0 Å². The predicted molar refractivity (Wildman–Crippen MR) is 82.6 cm³/mol. The van der Waals surface area contributed by atoms with Crippen molar-refractivity contribution >= 4 is 5.69 Å². The van der Waals surface area contributed by atoms with Crippen LogP contribution in [0.1, 0.15) is 25.5 Å². The average molecular weight is 289 g/mol. The van der Waals surface area contributed by atoms with Crippen LogP contribution in [-0.2, 0) is 0 Å². The summed E-state index contributed by atoms with van der Waals surface area (Å²) in [5.41, 5.74) is 1.94. The smallest absolute Gasteiger partial charge is 0.162 e. The minimum Gasteiger partial charge on any atom is -0.493 e. The molecule has 0 fully saturated rings. The number of benzene rings is 2. The Bertz CT molecular complexity index is 584. The first-order valence-electron chi connectivity index (χ1n) is 6.97. The van der Waals surface area contributed by atoms with Gasteiger partial charge in [0.25, 0.3) is 0 Å². The average Bonchev–Trinajstić information content (AvgIpc) is 2.49. The third-order valence-electron chi connectivity index (χ3n) is 3.22. The Labute approximate surface area is 124 Å². The molecule has 0 radical (unpaired) electrons. The number of hydrogen-bond acceptors (Lipinski definition) is 3. The Morgan fingerprint density at radius 2 is 1.81 bits per heavy atom. The SMILES string of the molecule is CCOc1ccc(NC(C)c2ccc(F)cc2)cc1OC. The second-order valence-electron chi connectivity index (χ2n) is 4.72. The number of anilines is 1. The van der Waals surface area contributed by atoms with Crippen molar-refractivity contribution in [3.05, 3.63) is 53.8 Å². The van der Waals surface area contributed by atoms with Gasteiger partial charge in [0.15, 0.2) is 11.5 Å². The standard InChI is InChI=1S/C17H20FNO2/c1-4-21-16-10-9-15(11-17(16)20-3)19-12(2)13-5-7-14(18)8-6-13/h5-12,19H,4H2,1-3H3. The molecule has 0 spiro atoms. The molecule has 4 heteroatoms. The van der Waals surface area contributed by atoms with Crippen LogP contribution in [0.25, 0.3) is 0 Å². The first-order valence-corrected chi connectivity index (χ1v) is 6.97. The van der Waals surface area contributed by atoms with Crippen LogP contribution in [0.3, 0.4) is 0 Å². The maximum absolute atomic E-state index is 12.9. The van der Waals surface area contributed by atoms with Gasteiger partial charge in [0, 0.05) is 17.8 Å². The fraction of sp³-hybridized carbons (Fsp3) is 0.294. The predicted octanol–water partition coefficient (Wildman–Crippen LogP) is 4.41. The Hall–Kier alpha value is -2.23. The molecule has 2 aromatic rings. The van der Waals surface area contributed by atoms with Crippen LogP contribution in [0.4, 0.5) is 10.1 Å². The van der Waals surface area contributed by atoms with Gasteiger partial charge < -0.3 is 14.8 Å². The van der Waals surface area contributed by atoms with Gasteiger partial charge in [-0.3, -0.25) is 0 Å². The summed E-state index contributed by atoms with van der Waals surface area (Å²) in [4.78, 5) is 0. The van der Waals surface area contributed by atoms with Crippen LogP contribution in [-0.4, -0.2) is 13.7 Å². The molecule has 0 amide bonds. The lowest BCUT2D eigenvalue weighted by Crippen LogP contribution is -2.07. The molecule has 21 heavy (non-hydrogen) atoms. The van der Waals surface area contributed by atoms with Gasteiger partial charge in [-0.05, 0) is 43.7 Å². The molecule has 2 aromatic carbocycles. The summed E-state index contributed by atoms with van der Waals surface area (Å²) < 4.78 is 23.8. The van der Waals surface area contributed by atoms with Crippen LogP contribution in [0.15, 0.2) is 42.5 Å². The van der Waals surface area contributed by atoms with E-state index in [1.54, 1.807) is 19.2 Å². The molecule has 0 bridgehead atoms. The molecule has 0 saturated heterocycles. The lowest BCUT2D eigenvalue weighted by Gasteiger charge is -2.17. The summed E-state index contributed by atoms with van der Waals surface area (Å²) in [6.45, 7) is 4.55. The Balaban J connectivity index is 2.13. The van der Waals surface area contributed by atoms with E-state index in [2.05, 4.69) is 5.32 Å². The number of hydrogen-bond donors (Lipinski definition) is 1. The Kier molecular flexibility index (Phi) is 5.04. The van der Waals surface area contributed by atoms with Gasteiger partial charge in [0.05, 0.1) is 13.7 Å². The summed E-state index contributed by atoms with van der Waals surface area (Å²) in [5, 5.41) is 3.36. The van der Waals surface area contributed by atoms with Gasteiger partial charge in [-0.25, -0.2) is 4.39 Å². The second-order valence-corrected chi connectivity index (χ2v) is 4.72. The van der Waals surface area contributed by atoms with Crippen molar-refractivity contribution in [2.75, 3.05) is 19.0 Å². The zero-order valence-corrected chi connectivity index (χ0v) is 12.5. The van der Waals surface area contributed by atoms with Gasteiger partial charge in [0.2, 0.25) is 0 Å². The molecular weight excluding hydrogens is 269 g/mol. The normalized spacial score (nSPS) is 11.8. The van der Waals surface area contributed by atoms with Gasteiger partial charge in [0.1, 0.15) is 5.82 Å². The monoisotopic (exact) mass is 289 g/mol. The molecular formula is C17H20FNO2. The largest absolute Gasteiger partial charge is 0.493 e. The molecule has 0 aromatic heterocycles. The van der Waals surface area contributed by atoms with Crippen LogP contribution in [0.5, 0.6) is 11.5 Å². The van der Waals surface area contributed by atoms with Crippen molar-refractivity contribution in [2.45, 2.75) is 19.9 Å². The molecule has 2 rings (SSSR count). The van der Waals surface area contributed by atoms with Crippen LogP contribution < -0.4 is 14.8 Å². The number of methoxy groups -OCH3 is 1. The van der Waals surface area contributed by atoms with Crippen LogP contribution >= 0.6 is 0 Å². The molecule has 0 heterocycles. The summed E-state index contributed by atoms with van der Waals surface area (Å²) in [5.74, 6) is 1.18. The van der Waals surface area contributed by atoms with E-state index in [1.165, 1.54) is 12.1 Å². The first kappa shape index (κ1) is 15.2. The zero-order valence-electron chi connectivity index (χ0n) is 12.5.